The van der Waals surface area contributed by atoms with Crippen LogP contribution in [0, 0.1) is 0 Å². The minimum atomic E-state index is -1.18. The molecule has 0 spiro atoms. The Balaban J connectivity index is 3.82. The van der Waals surface area contributed by atoms with Gasteiger partial charge in [-0.3, -0.25) is 0 Å². The van der Waals surface area contributed by atoms with E-state index in [0.29, 0.717) is 6.42 Å². The molecule has 12 heavy (non-hydrogen) atoms. The average molecular weight is 175 g/mol. The second-order valence-electron chi connectivity index (χ2n) is 2.65. The van der Waals surface area contributed by atoms with Crippen molar-refractivity contribution in [3.63, 3.8) is 0 Å². The summed E-state index contributed by atoms with van der Waals surface area (Å²) in [5.74, 6) is -0.626. The molecule has 0 aromatic carbocycles. The zero-order chi connectivity index (χ0) is 9.56. The predicted octanol–water partition coefficient (Wildman–Crippen LogP) is 0.0378. The lowest BCUT2D eigenvalue weighted by atomic mass is 10.1. The van der Waals surface area contributed by atoms with Gasteiger partial charge >= 0.3 is 5.97 Å². The van der Waals surface area contributed by atoms with Crippen LogP contribution >= 0.6 is 0 Å². The van der Waals surface area contributed by atoms with Gasteiger partial charge in [0.2, 0.25) is 0 Å². The van der Waals surface area contributed by atoms with E-state index in [0.717, 1.165) is 6.42 Å². The molecule has 0 amide bonds. The Labute approximate surface area is 72.7 Å². The molecule has 0 rings (SSSR count). The van der Waals surface area contributed by atoms with Crippen LogP contribution in [0.15, 0.2) is 0 Å². The summed E-state index contributed by atoms with van der Waals surface area (Å²) in [6.45, 7) is 3.91. The summed E-state index contributed by atoms with van der Waals surface area (Å²) in [5, 5.41) is 9.25. The molecule has 0 saturated heterocycles. The van der Waals surface area contributed by atoms with Gasteiger partial charge in [-0.1, -0.05) is 13.3 Å². The summed E-state index contributed by atoms with van der Waals surface area (Å²) >= 11 is 0. The lowest BCUT2D eigenvalue weighted by Gasteiger charge is -2.15. The van der Waals surface area contributed by atoms with Crippen molar-refractivity contribution in [2.24, 2.45) is 5.73 Å². The van der Waals surface area contributed by atoms with Crippen molar-refractivity contribution in [2.75, 3.05) is 6.61 Å². The molecule has 0 bridgehead atoms. The third-order valence-electron chi connectivity index (χ3n) is 1.56. The summed E-state index contributed by atoms with van der Waals surface area (Å²) < 4.78 is 4.60. The molecule has 72 valence electrons. The van der Waals surface area contributed by atoms with E-state index in [1.54, 1.807) is 6.92 Å². The smallest absolute Gasteiger partial charge is 0.336 e. The molecular weight excluding hydrogens is 158 g/mol. The molecule has 0 aliphatic carbocycles. The van der Waals surface area contributed by atoms with Gasteiger partial charge in [-0.15, -0.1) is 0 Å². The Morgan fingerprint density at radius 1 is 1.58 bits per heavy atom. The van der Waals surface area contributed by atoms with Crippen LogP contribution in [0.5, 0.6) is 0 Å². The number of carbonyl (C=O) groups is 1. The fourth-order valence-corrected chi connectivity index (χ4v) is 0.894. The number of carbonyl (C=O) groups excluding carboxylic acids is 1. The maximum Gasteiger partial charge on any atom is 0.336 e. The van der Waals surface area contributed by atoms with Crippen molar-refractivity contribution in [3.8, 4) is 0 Å². The normalized spacial score (nSPS) is 15.3. The van der Waals surface area contributed by atoms with Crippen molar-refractivity contribution < 1.29 is 14.6 Å². The summed E-state index contributed by atoms with van der Waals surface area (Å²) in [6, 6.07) is -0.506. The predicted molar refractivity (Wildman–Crippen MR) is 45.5 cm³/mol. The summed E-state index contributed by atoms with van der Waals surface area (Å²) in [6.07, 6.45) is 0.294. The number of aliphatic hydroxyl groups is 1. The molecule has 1 unspecified atom stereocenters. The lowest BCUT2D eigenvalue weighted by Crippen LogP contribution is -2.41. The Bertz CT molecular complexity index is 138. The van der Waals surface area contributed by atoms with Crippen molar-refractivity contribution in [2.45, 2.75) is 38.8 Å². The first-order valence-electron chi connectivity index (χ1n) is 4.23. The third-order valence-corrected chi connectivity index (χ3v) is 1.56. The summed E-state index contributed by atoms with van der Waals surface area (Å²) in [4.78, 5) is 10.9. The number of rotatable bonds is 5. The van der Waals surface area contributed by atoms with Gasteiger partial charge in [0.15, 0.2) is 6.10 Å². The van der Waals surface area contributed by atoms with Gasteiger partial charge in [0, 0.05) is 6.04 Å². The fourth-order valence-electron chi connectivity index (χ4n) is 0.894. The molecule has 0 saturated carbocycles. The number of ether oxygens (including phenoxy) is 1. The Kier molecular flexibility index (Phi) is 5.66. The maximum absolute atomic E-state index is 10.9. The molecule has 0 aliphatic rings. The lowest BCUT2D eigenvalue weighted by molar-refractivity contribution is -0.154. The largest absolute Gasteiger partial charge is 0.464 e. The highest BCUT2D eigenvalue weighted by molar-refractivity contribution is 5.75. The van der Waals surface area contributed by atoms with Gasteiger partial charge < -0.3 is 15.6 Å². The van der Waals surface area contributed by atoms with Crippen LogP contribution in [-0.4, -0.2) is 29.8 Å². The van der Waals surface area contributed by atoms with Gasteiger partial charge in [-0.05, 0) is 13.3 Å². The van der Waals surface area contributed by atoms with Gasteiger partial charge in [0.1, 0.15) is 0 Å². The van der Waals surface area contributed by atoms with Gasteiger partial charge in [0.05, 0.1) is 6.61 Å². The van der Waals surface area contributed by atoms with Crippen LogP contribution < -0.4 is 5.73 Å². The second-order valence-corrected chi connectivity index (χ2v) is 2.65. The van der Waals surface area contributed by atoms with E-state index in [9.17, 15) is 9.90 Å². The topological polar surface area (TPSA) is 72.5 Å². The highest BCUT2D eigenvalue weighted by Crippen LogP contribution is 2.01. The highest BCUT2D eigenvalue weighted by atomic mass is 16.5. The number of nitrogens with two attached hydrogens (primary N) is 1. The molecule has 0 aromatic heterocycles. The van der Waals surface area contributed by atoms with Crippen molar-refractivity contribution in [1.29, 1.82) is 0 Å². The van der Waals surface area contributed by atoms with Crippen molar-refractivity contribution in [3.05, 3.63) is 0 Å². The molecule has 3 N–H and O–H groups in total. The van der Waals surface area contributed by atoms with Crippen LogP contribution in [0.1, 0.15) is 26.7 Å². The Hall–Kier alpha value is -0.610. The molecule has 0 fully saturated rings. The second kappa shape index (κ2) is 5.97. The minimum absolute atomic E-state index is 0.273. The minimum Gasteiger partial charge on any atom is -0.464 e. The Morgan fingerprint density at radius 3 is 2.58 bits per heavy atom. The quantitative estimate of drug-likeness (QED) is 0.578. The molecular formula is C8H17NO3. The fraction of sp³-hybridized carbons (Fsp3) is 0.875. The van der Waals surface area contributed by atoms with E-state index in [1.165, 1.54) is 0 Å². The van der Waals surface area contributed by atoms with Gasteiger partial charge in [0.25, 0.3) is 0 Å². The molecule has 4 nitrogen and oxygen atoms in total. The van der Waals surface area contributed by atoms with Gasteiger partial charge in [-0.2, -0.15) is 0 Å². The first kappa shape index (κ1) is 11.4. The van der Waals surface area contributed by atoms with E-state index in [4.69, 9.17) is 5.73 Å². The van der Waals surface area contributed by atoms with Crippen molar-refractivity contribution >= 4 is 5.97 Å². The monoisotopic (exact) mass is 175 g/mol. The zero-order valence-electron chi connectivity index (χ0n) is 7.62. The summed E-state index contributed by atoms with van der Waals surface area (Å²) in [7, 11) is 0. The zero-order valence-corrected chi connectivity index (χ0v) is 7.62. The average Bonchev–Trinajstić information content (AvgIpc) is 2.04. The van der Waals surface area contributed by atoms with E-state index >= 15 is 0 Å². The molecule has 2 atom stereocenters. The third kappa shape index (κ3) is 3.69. The van der Waals surface area contributed by atoms with Gasteiger partial charge in [-0.25, -0.2) is 4.79 Å². The van der Waals surface area contributed by atoms with Crippen LogP contribution in [0.3, 0.4) is 0 Å². The van der Waals surface area contributed by atoms with E-state index in [1.807, 2.05) is 6.92 Å². The number of esters is 1. The number of aliphatic hydroxyl groups excluding tert-OH is 1. The highest BCUT2D eigenvalue weighted by Gasteiger charge is 2.22. The molecule has 0 aliphatic heterocycles. The SMILES string of the molecule is CCC[C@H](N)C(O)C(=O)OCC. The van der Waals surface area contributed by atoms with E-state index in [2.05, 4.69) is 4.74 Å². The maximum atomic E-state index is 10.9. The standard InChI is InChI=1S/C8H17NO3/c1-3-5-6(9)7(10)8(11)12-4-2/h6-7,10H,3-5,9H2,1-2H3/t6-,7?/m0/s1. The van der Waals surface area contributed by atoms with Crippen molar-refractivity contribution in [1.82, 2.24) is 0 Å². The van der Waals surface area contributed by atoms with Crippen LogP contribution in [0.4, 0.5) is 0 Å². The number of hydrogen-bond acceptors (Lipinski definition) is 4. The van der Waals surface area contributed by atoms with E-state index in [-0.39, 0.29) is 6.61 Å². The molecule has 4 heteroatoms. The van der Waals surface area contributed by atoms with Crippen LogP contribution in [0.2, 0.25) is 0 Å². The van der Waals surface area contributed by atoms with Crippen LogP contribution in [0.25, 0.3) is 0 Å². The first-order valence-corrected chi connectivity index (χ1v) is 4.23. The van der Waals surface area contributed by atoms with Crippen LogP contribution in [-0.2, 0) is 9.53 Å². The Morgan fingerprint density at radius 2 is 2.17 bits per heavy atom. The molecule has 0 radical (unpaired) electrons. The molecule has 0 aromatic rings. The first-order chi connectivity index (χ1) is 5.63. The van der Waals surface area contributed by atoms with E-state index < -0.39 is 18.1 Å². The molecule has 0 heterocycles. The summed E-state index contributed by atoms with van der Waals surface area (Å²) in [5.41, 5.74) is 5.51. The number of hydrogen-bond donors (Lipinski definition) is 2.